The van der Waals surface area contributed by atoms with Gasteiger partial charge in [-0.15, -0.1) is 0 Å². The van der Waals surface area contributed by atoms with Gasteiger partial charge in [0, 0.05) is 0 Å². The SMILES string of the molecule is CCCC(CC)S(=O)(=O)NC. The van der Waals surface area contributed by atoms with E-state index in [-0.39, 0.29) is 5.25 Å². The smallest absolute Gasteiger partial charge is 0.214 e. The Morgan fingerprint density at radius 3 is 2.18 bits per heavy atom. The second-order valence-electron chi connectivity index (χ2n) is 2.57. The molecular weight excluding hydrogens is 162 g/mol. The molecule has 0 aromatic heterocycles. The molecule has 0 radical (unpaired) electrons. The van der Waals surface area contributed by atoms with Crippen molar-refractivity contribution >= 4 is 10.0 Å². The van der Waals surface area contributed by atoms with Crippen LogP contribution in [0.3, 0.4) is 0 Å². The molecule has 0 saturated carbocycles. The number of hydrogen-bond donors (Lipinski definition) is 1. The van der Waals surface area contributed by atoms with Crippen LogP contribution in [0.5, 0.6) is 0 Å². The van der Waals surface area contributed by atoms with Gasteiger partial charge in [0.1, 0.15) is 0 Å². The highest BCUT2D eigenvalue weighted by molar-refractivity contribution is 7.90. The molecule has 0 heterocycles. The summed E-state index contributed by atoms with van der Waals surface area (Å²) in [6, 6.07) is 0. The molecule has 1 unspecified atom stereocenters. The minimum atomic E-state index is -3.02. The van der Waals surface area contributed by atoms with Crippen LogP contribution in [0.2, 0.25) is 0 Å². The molecule has 68 valence electrons. The first-order chi connectivity index (χ1) is 5.08. The Morgan fingerprint density at radius 2 is 1.91 bits per heavy atom. The van der Waals surface area contributed by atoms with Gasteiger partial charge >= 0.3 is 0 Å². The molecule has 0 aromatic carbocycles. The molecule has 4 heteroatoms. The number of sulfonamides is 1. The summed E-state index contributed by atoms with van der Waals surface area (Å²) in [6.07, 6.45) is 2.36. The Labute approximate surface area is 69.2 Å². The van der Waals surface area contributed by atoms with Crippen molar-refractivity contribution in [2.24, 2.45) is 0 Å². The lowest BCUT2D eigenvalue weighted by molar-refractivity contribution is 0.556. The number of rotatable bonds is 5. The fraction of sp³-hybridized carbons (Fsp3) is 1.00. The highest BCUT2D eigenvalue weighted by Gasteiger charge is 2.19. The molecule has 11 heavy (non-hydrogen) atoms. The predicted molar refractivity (Wildman–Crippen MR) is 47.0 cm³/mol. The highest BCUT2D eigenvalue weighted by Crippen LogP contribution is 2.10. The van der Waals surface area contributed by atoms with Crippen LogP contribution in [-0.2, 0) is 10.0 Å². The predicted octanol–water partition coefficient (Wildman–Crippen LogP) is 1.11. The van der Waals surface area contributed by atoms with E-state index in [4.69, 9.17) is 0 Å². The third kappa shape index (κ3) is 3.20. The van der Waals surface area contributed by atoms with Crippen molar-refractivity contribution in [3.05, 3.63) is 0 Å². The average Bonchev–Trinajstić information content (AvgIpc) is 2.00. The summed E-state index contributed by atoms with van der Waals surface area (Å²) >= 11 is 0. The van der Waals surface area contributed by atoms with Crippen molar-refractivity contribution in [2.75, 3.05) is 7.05 Å². The first-order valence-corrected chi connectivity index (χ1v) is 5.55. The van der Waals surface area contributed by atoms with E-state index in [1.165, 1.54) is 7.05 Å². The van der Waals surface area contributed by atoms with E-state index >= 15 is 0 Å². The number of hydrogen-bond acceptors (Lipinski definition) is 2. The maximum Gasteiger partial charge on any atom is 0.214 e. The Kier molecular flexibility index (Phi) is 4.68. The lowest BCUT2D eigenvalue weighted by atomic mass is 10.2. The van der Waals surface area contributed by atoms with Gasteiger partial charge in [0.2, 0.25) is 10.0 Å². The van der Waals surface area contributed by atoms with Crippen LogP contribution in [0.25, 0.3) is 0 Å². The van der Waals surface area contributed by atoms with E-state index in [0.717, 1.165) is 12.8 Å². The van der Waals surface area contributed by atoms with Crippen LogP contribution in [0.4, 0.5) is 0 Å². The van der Waals surface area contributed by atoms with Crippen LogP contribution in [0.1, 0.15) is 33.1 Å². The van der Waals surface area contributed by atoms with E-state index in [1.807, 2.05) is 13.8 Å². The van der Waals surface area contributed by atoms with Crippen LogP contribution >= 0.6 is 0 Å². The zero-order valence-electron chi connectivity index (χ0n) is 7.42. The van der Waals surface area contributed by atoms with E-state index in [0.29, 0.717) is 6.42 Å². The summed E-state index contributed by atoms with van der Waals surface area (Å²) in [6.45, 7) is 3.89. The fourth-order valence-corrected chi connectivity index (χ4v) is 2.39. The first kappa shape index (κ1) is 10.9. The normalized spacial score (nSPS) is 14.8. The lowest BCUT2D eigenvalue weighted by Crippen LogP contribution is -2.31. The van der Waals surface area contributed by atoms with Crippen molar-refractivity contribution in [2.45, 2.75) is 38.4 Å². The second-order valence-corrected chi connectivity index (χ2v) is 4.73. The zero-order valence-corrected chi connectivity index (χ0v) is 8.24. The molecule has 0 aliphatic heterocycles. The zero-order chi connectivity index (χ0) is 8.91. The van der Waals surface area contributed by atoms with Crippen LogP contribution in [0, 0.1) is 0 Å². The summed E-state index contributed by atoms with van der Waals surface area (Å²) in [4.78, 5) is 0. The van der Waals surface area contributed by atoms with Crippen molar-refractivity contribution in [1.29, 1.82) is 0 Å². The lowest BCUT2D eigenvalue weighted by Gasteiger charge is -2.12. The molecular formula is C7H17NO2S. The Hall–Kier alpha value is -0.0900. The van der Waals surface area contributed by atoms with E-state index in [2.05, 4.69) is 4.72 Å². The summed E-state index contributed by atoms with van der Waals surface area (Å²) in [5.74, 6) is 0. The minimum Gasteiger partial charge on any atom is -0.218 e. The van der Waals surface area contributed by atoms with Crippen molar-refractivity contribution < 1.29 is 8.42 Å². The van der Waals surface area contributed by atoms with Crippen molar-refractivity contribution in [1.82, 2.24) is 4.72 Å². The topological polar surface area (TPSA) is 46.2 Å². The van der Waals surface area contributed by atoms with E-state index in [9.17, 15) is 8.42 Å². The monoisotopic (exact) mass is 179 g/mol. The Bertz CT molecular complexity index is 187. The molecule has 0 aliphatic carbocycles. The summed E-state index contributed by atoms with van der Waals surface area (Å²) < 4.78 is 24.8. The molecule has 0 aromatic rings. The molecule has 1 atom stereocenters. The van der Waals surface area contributed by atoms with Gasteiger partial charge in [-0.25, -0.2) is 13.1 Å². The van der Waals surface area contributed by atoms with Gasteiger partial charge in [0.25, 0.3) is 0 Å². The van der Waals surface area contributed by atoms with Gasteiger partial charge in [-0.3, -0.25) is 0 Å². The van der Waals surface area contributed by atoms with Gasteiger partial charge < -0.3 is 0 Å². The summed E-state index contributed by atoms with van der Waals surface area (Å²) in [5.41, 5.74) is 0. The standard InChI is InChI=1S/C7H17NO2S/c1-4-6-7(5-2)11(9,10)8-3/h7-8H,4-6H2,1-3H3. The van der Waals surface area contributed by atoms with Crippen LogP contribution in [0.15, 0.2) is 0 Å². The third-order valence-corrected chi connectivity index (χ3v) is 3.81. The molecule has 0 amide bonds. The van der Waals surface area contributed by atoms with Crippen molar-refractivity contribution in [3.63, 3.8) is 0 Å². The van der Waals surface area contributed by atoms with E-state index < -0.39 is 10.0 Å². The highest BCUT2D eigenvalue weighted by atomic mass is 32.2. The quantitative estimate of drug-likeness (QED) is 0.687. The third-order valence-electron chi connectivity index (χ3n) is 1.79. The minimum absolute atomic E-state index is 0.211. The fourth-order valence-electron chi connectivity index (χ4n) is 1.07. The van der Waals surface area contributed by atoms with Crippen molar-refractivity contribution in [3.8, 4) is 0 Å². The molecule has 0 aliphatic rings. The summed E-state index contributed by atoms with van der Waals surface area (Å²) in [7, 11) is -1.56. The molecule has 0 spiro atoms. The molecule has 0 fully saturated rings. The van der Waals surface area contributed by atoms with E-state index in [1.54, 1.807) is 0 Å². The van der Waals surface area contributed by atoms with Crippen LogP contribution in [-0.4, -0.2) is 20.7 Å². The largest absolute Gasteiger partial charge is 0.218 e. The average molecular weight is 179 g/mol. The molecule has 1 N–H and O–H groups in total. The molecule has 0 rings (SSSR count). The Balaban J connectivity index is 4.25. The van der Waals surface area contributed by atoms with Gasteiger partial charge in [0.05, 0.1) is 5.25 Å². The molecule has 0 bridgehead atoms. The number of nitrogens with one attached hydrogen (secondary N) is 1. The van der Waals surface area contributed by atoms with Gasteiger partial charge in [0.15, 0.2) is 0 Å². The second kappa shape index (κ2) is 4.72. The summed E-state index contributed by atoms with van der Waals surface area (Å²) in [5, 5.41) is -0.211. The first-order valence-electron chi connectivity index (χ1n) is 4.00. The maximum atomic E-state index is 11.2. The van der Waals surface area contributed by atoms with Gasteiger partial charge in [-0.05, 0) is 19.9 Å². The van der Waals surface area contributed by atoms with Gasteiger partial charge in [-0.2, -0.15) is 0 Å². The molecule has 3 nitrogen and oxygen atoms in total. The van der Waals surface area contributed by atoms with Gasteiger partial charge in [-0.1, -0.05) is 20.3 Å². The van der Waals surface area contributed by atoms with Crippen LogP contribution < -0.4 is 4.72 Å². The maximum absolute atomic E-state index is 11.2. The molecule has 0 saturated heterocycles. The Morgan fingerprint density at radius 1 is 1.36 bits per heavy atom.